The average molecular weight is 379 g/mol. The van der Waals surface area contributed by atoms with Crippen LogP contribution in [0.5, 0.6) is 11.5 Å². The van der Waals surface area contributed by atoms with Crippen molar-refractivity contribution >= 4 is 24.8 Å². The van der Waals surface area contributed by atoms with Gasteiger partial charge in [0.25, 0.3) is 0 Å². The number of phenols is 1. The molecule has 1 aliphatic rings. The first kappa shape index (κ1) is 23.3. The zero-order chi connectivity index (χ0) is 15.9. The van der Waals surface area contributed by atoms with Crippen molar-refractivity contribution in [2.24, 2.45) is 5.92 Å². The minimum absolute atomic E-state index is 0. The van der Waals surface area contributed by atoms with Gasteiger partial charge in [-0.1, -0.05) is 19.9 Å². The molecule has 6 heteroatoms. The summed E-state index contributed by atoms with van der Waals surface area (Å²) in [4.78, 5) is 2.56. The van der Waals surface area contributed by atoms with E-state index in [1.807, 2.05) is 19.1 Å². The highest BCUT2D eigenvalue weighted by molar-refractivity contribution is 5.85. The average Bonchev–Trinajstić information content (AvgIpc) is 2.51. The van der Waals surface area contributed by atoms with Crippen LogP contribution >= 0.6 is 24.8 Å². The van der Waals surface area contributed by atoms with E-state index in [1.165, 1.54) is 12.0 Å². The first-order chi connectivity index (χ1) is 10.6. The lowest BCUT2D eigenvalue weighted by Gasteiger charge is -2.36. The minimum atomic E-state index is 0. The maximum Gasteiger partial charge on any atom is 0.161 e. The zero-order valence-electron chi connectivity index (χ0n) is 15.0. The molecule has 0 amide bonds. The van der Waals surface area contributed by atoms with Gasteiger partial charge in [-0.3, -0.25) is 4.90 Å². The van der Waals surface area contributed by atoms with Crippen LogP contribution in [0.3, 0.4) is 0 Å². The van der Waals surface area contributed by atoms with Gasteiger partial charge >= 0.3 is 0 Å². The van der Waals surface area contributed by atoms with Crippen molar-refractivity contribution in [3.05, 3.63) is 23.8 Å². The second kappa shape index (κ2) is 11.8. The van der Waals surface area contributed by atoms with Gasteiger partial charge in [-0.2, -0.15) is 0 Å². The predicted octanol–water partition coefficient (Wildman–Crippen LogP) is 4.02. The van der Waals surface area contributed by atoms with Gasteiger partial charge in [-0.05, 0) is 43.4 Å². The van der Waals surface area contributed by atoms with Crippen molar-refractivity contribution < 1.29 is 9.84 Å². The molecule has 1 aliphatic heterocycles. The van der Waals surface area contributed by atoms with Gasteiger partial charge < -0.3 is 15.2 Å². The molecule has 0 bridgehead atoms. The van der Waals surface area contributed by atoms with Gasteiger partial charge in [0.05, 0.1) is 6.61 Å². The molecule has 1 atom stereocenters. The second-order valence-corrected chi connectivity index (χ2v) is 6.43. The number of phenolic OH excluding ortho intramolecular Hbond substituents is 1. The summed E-state index contributed by atoms with van der Waals surface area (Å²) in [5.74, 6) is 1.53. The molecule has 2 N–H and O–H groups in total. The molecule has 0 aromatic heterocycles. The molecule has 1 saturated heterocycles. The Balaban J connectivity index is 0.00000264. The molecule has 0 spiro atoms. The van der Waals surface area contributed by atoms with Crippen LogP contribution < -0.4 is 10.1 Å². The number of ether oxygens (including phenoxy) is 1. The molecule has 1 aromatic carbocycles. The SMILES string of the molecule is CCOc1cc([C@@H](CCC(C)C)N2CCNCC2)ccc1O.Cl.Cl. The molecule has 1 heterocycles. The Morgan fingerprint density at radius 1 is 1.17 bits per heavy atom. The molecular formula is C18H32Cl2N2O2. The third-order valence-electron chi connectivity index (χ3n) is 4.28. The Bertz CT molecular complexity index is 466. The molecule has 0 radical (unpaired) electrons. The van der Waals surface area contributed by atoms with E-state index in [2.05, 4.69) is 24.1 Å². The van der Waals surface area contributed by atoms with Crippen LogP contribution in [-0.4, -0.2) is 42.8 Å². The first-order valence-corrected chi connectivity index (χ1v) is 8.52. The van der Waals surface area contributed by atoms with Crippen molar-refractivity contribution in [2.75, 3.05) is 32.8 Å². The third-order valence-corrected chi connectivity index (χ3v) is 4.28. The van der Waals surface area contributed by atoms with E-state index in [4.69, 9.17) is 4.74 Å². The van der Waals surface area contributed by atoms with Crippen LogP contribution in [0.2, 0.25) is 0 Å². The fraction of sp³-hybridized carbons (Fsp3) is 0.667. The summed E-state index contributed by atoms with van der Waals surface area (Å²) in [7, 11) is 0. The summed E-state index contributed by atoms with van der Waals surface area (Å²) >= 11 is 0. The monoisotopic (exact) mass is 378 g/mol. The van der Waals surface area contributed by atoms with E-state index in [-0.39, 0.29) is 30.6 Å². The maximum absolute atomic E-state index is 9.93. The number of nitrogens with zero attached hydrogens (tertiary/aromatic N) is 1. The van der Waals surface area contributed by atoms with Crippen molar-refractivity contribution in [3.63, 3.8) is 0 Å². The van der Waals surface area contributed by atoms with Crippen LogP contribution in [0, 0.1) is 5.92 Å². The van der Waals surface area contributed by atoms with Crippen LogP contribution in [-0.2, 0) is 0 Å². The number of benzene rings is 1. The largest absolute Gasteiger partial charge is 0.504 e. The van der Waals surface area contributed by atoms with Gasteiger partial charge in [0.15, 0.2) is 11.5 Å². The van der Waals surface area contributed by atoms with E-state index >= 15 is 0 Å². The summed E-state index contributed by atoms with van der Waals surface area (Å²) in [5, 5.41) is 13.3. The van der Waals surface area contributed by atoms with E-state index in [0.29, 0.717) is 24.3 Å². The number of piperazine rings is 1. The van der Waals surface area contributed by atoms with Crippen LogP contribution in [0.4, 0.5) is 0 Å². The second-order valence-electron chi connectivity index (χ2n) is 6.43. The molecule has 140 valence electrons. The summed E-state index contributed by atoms with van der Waals surface area (Å²) in [6, 6.07) is 6.24. The highest BCUT2D eigenvalue weighted by Crippen LogP contribution is 2.34. The Morgan fingerprint density at radius 3 is 2.42 bits per heavy atom. The highest BCUT2D eigenvalue weighted by atomic mass is 35.5. The number of halogens is 2. The lowest BCUT2D eigenvalue weighted by atomic mass is 9.95. The fourth-order valence-corrected chi connectivity index (χ4v) is 3.05. The van der Waals surface area contributed by atoms with E-state index in [9.17, 15) is 5.11 Å². The zero-order valence-corrected chi connectivity index (χ0v) is 16.6. The van der Waals surface area contributed by atoms with Gasteiger partial charge in [-0.25, -0.2) is 0 Å². The van der Waals surface area contributed by atoms with Crippen molar-refractivity contribution in [1.29, 1.82) is 0 Å². The Kier molecular flexibility index (Phi) is 11.5. The van der Waals surface area contributed by atoms with Crippen molar-refractivity contribution in [1.82, 2.24) is 10.2 Å². The fourth-order valence-electron chi connectivity index (χ4n) is 3.05. The number of rotatable bonds is 7. The van der Waals surface area contributed by atoms with Gasteiger partial charge in [-0.15, -0.1) is 24.8 Å². The molecule has 1 aromatic rings. The Hall–Kier alpha value is -0.680. The topological polar surface area (TPSA) is 44.7 Å². The van der Waals surface area contributed by atoms with Crippen molar-refractivity contribution in [3.8, 4) is 11.5 Å². The Morgan fingerprint density at radius 2 is 1.83 bits per heavy atom. The van der Waals surface area contributed by atoms with E-state index < -0.39 is 0 Å². The van der Waals surface area contributed by atoms with Crippen molar-refractivity contribution in [2.45, 2.75) is 39.7 Å². The molecular weight excluding hydrogens is 347 g/mol. The lowest BCUT2D eigenvalue weighted by molar-refractivity contribution is 0.159. The van der Waals surface area contributed by atoms with Gasteiger partial charge in [0.1, 0.15) is 0 Å². The summed E-state index contributed by atoms with van der Waals surface area (Å²) < 4.78 is 5.56. The molecule has 4 nitrogen and oxygen atoms in total. The normalized spacial score (nSPS) is 16.2. The lowest BCUT2D eigenvalue weighted by Crippen LogP contribution is -2.45. The van der Waals surface area contributed by atoms with E-state index in [1.54, 1.807) is 6.07 Å². The van der Waals surface area contributed by atoms with Crippen LogP contribution in [0.25, 0.3) is 0 Å². The number of hydrogen-bond donors (Lipinski definition) is 2. The maximum atomic E-state index is 9.93. The summed E-state index contributed by atoms with van der Waals surface area (Å²) in [6.45, 7) is 11.3. The standard InChI is InChI=1S/C18H30N2O2.2ClH/c1-4-22-18-13-15(6-8-17(18)21)16(7-5-14(2)3)20-11-9-19-10-12-20;;/h6,8,13-14,16,19,21H,4-5,7,9-12H2,1-3H3;2*1H/t16-;;/m1../s1. The number of hydrogen-bond acceptors (Lipinski definition) is 4. The first-order valence-electron chi connectivity index (χ1n) is 8.52. The molecule has 0 saturated carbocycles. The predicted molar refractivity (Wildman–Crippen MR) is 105 cm³/mol. The van der Waals surface area contributed by atoms with Crippen LogP contribution in [0.15, 0.2) is 18.2 Å². The molecule has 0 aliphatic carbocycles. The Labute approximate surface area is 158 Å². The quantitative estimate of drug-likeness (QED) is 0.751. The van der Waals surface area contributed by atoms with Crippen LogP contribution in [0.1, 0.15) is 45.2 Å². The van der Waals surface area contributed by atoms with Gasteiger partial charge in [0.2, 0.25) is 0 Å². The minimum Gasteiger partial charge on any atom is -0.504 e. The molecule has 1 fully saturated rings. The number of aromatic hydroxyl groups is 1. The molecule has 24 heavy (non-hydrogen) atoms. The summed E-state index contributed by atoms with van der Waals surface area (Å²) in [5.41, 5.74) is 1.25. The number of nitrogens with one attached hydrogen (secondary N) is 1. The van der Waals surface area contributed by atoms with E-state index in [0.717, 1.165) is 32.6 Å². The van der Waals surface area contributed by atoms with Gasteiger partial charge in [0, 0.05) is 32.2 Å². The third kappa shape index (κ3) is 6.67. The highest BCUT2D eigenvalue weighted by Gasteiger charge is 2.23. The summed E-state index contributed by atoms with van der Waals surface area (Å²) in [6.07, 6.45) is 2.35. The molecule has 0 unspecified atom stereocenters. The smallest absolute Gasteiger partial charge is 0.161 e. The molecule has 2 rings (SSSR count).